The van der Waals surface area contributed by atoms with E-state index >= 15 is 0 Å². The molecule has 0 aliphatic rings. The number of halogens is 3. The van der Waals surface area contributed by atoms with Gasteiger partial charge in [0.15, 0.2) is 5.11 Å². The summed E-state index contributed by atoms with van der Waals surface area (Å²) >= 11 is 5.25. The molecule has 0 aliphatic heterocycles. The quantitative estimate of drug-likeness (QED) is 0.467. The fourth-order valence-electron chi connectivity index (χ4n) is 2.67. The molecule has 1 aromatic heterocycles. The van der Waals surface area contributed by atoms with Crippen molar-refractivity contribution >= 4 is 39.7 Å². The van der Waals surface area contributed by atoms with Gasteiger partial charge in [0.05, 0.1) is 25.5 Å². The second kappa shape index (κ2) is 8.00. The monoisotopic (exact) mass is 424 g/mol. The molecule has 0 saturated heterocycles. The number of hydrogen-bond donors (Lipinski definition) is 2. The minimum atomic E-state index is -4.68. The molecule has 0 spiro atoms. The first-order valence-corrected chi connectivity index (χ1v) is 8.57. The SMILES string of the molecule is COc1ccc(OC)c(NC(=S)Nc2ccc3c(C(F)(F)F)cc(=O)oc3c2)c1. The van der Waals surface area contributed by atoms with Gasteiger partial charge in [0, 0.05) is 29.3 Å². The standard InChI is InChI=1S/C19H15F3N2O4S/c1-26-11-4-6-15(27-2)14(8-11)24-18(29)23-10-3-5-12-13(19(20,21)22)9-17(25)28-16(12)7-10/h3-9H,1-2H3,(H2,23,24,29). The summed E-state index contributed by atoms with van der Waals surface area (Å²) in [7, 11) is 3.01. The molecule has 3 rings (SSSR count). The zero-order chi connectivity index (χ0) is 21.2. The van der Waals surface area contributed by atoms with Gasteiger partial charge < -0.3 is 24.5 Å². The Hall–Kier alpha value is -3.27. The van der Waals surface area contributed by atoms with Gasteiger partial charge in [-0.1, -0.05) is 0 Å². The van der Waals surface area contributed by atoms with E-state index in [1.807, 2.05) is 0 Å². The van der Waals surface area contributed by atoms with Crippen molar-refractivity contribution in [3.8, 4) is 11.5 Å². The highest BCUT2D eigenvalue weighted by atomic mass is 32.1. The van der Waals surface area contributed by atoms with Crippen LogP contribution in [0.2, 0.25) is 0 Å². The van der Waals surface area contributed by atoms with E-state index < -0.39 is 17.4 Å². The van der Waals surface area contributed by atoms with E-state index in [0.717, 1.165) is 0 Å². The van der Waals surface area contributed by atoms with Crippen LogP contribution in [0.1, 0.15) is 5.56 Å². The molecule has 0 aliphatic carbocycles. The average Bonchev–Trinajstić information content (AvgIpc) is 2.66. The van der Waals surface area contributed by atoms with Crippen molar-refractivity contribution in [2.24, 2.45) is 0 Å². The summed E-state index contributed by atoms with van der Waals surface area (Å²) in [5.41, 5.74) is -1.51. The van der Waals surface area contributed by atoms with Crippen LogP contribution in [-0.4, -0.2) is 19.3 Å². The molecule has 0 saturated carbocycles. The molecule has 0 bridgehead atoms. The molecule has 0 radical (unpaired) electrons. The Balaban J connectivity index is 1.87. The topological polar surface area (TPSA) is 72.7 Å². The summed E-state index contributed by atoms with van der Waals surface area (Å²) in [5.74, 6) is 1.08. The number of hydrogen-bond acceptors (Lipinski definition) is 5. The Bertz CT molecular complexity index is 1130. The van der Waals surface area contributed by atoms with Crippen LogP contribution in [-0.2, 0) is 6.18 Å². The highest BCUT2D eigenvalue weighted by Gasteiger charge is 2.33. The van der Waals surface area contributed by atoms with E-state index in [0.29, 0.717) is 28.9 Å². The van der Waals surface area contributed by atoms with Gasteiger partial charge >= 0.3 is 11.8 Å². The molecule has 3 aromatic rings. The highest BCUT2D eigenvalue weighted by molar-refractivity contribution is 7.80. The van der Waals surface area contributed by atoms with Crippen molar-refractivity contribution in [1.82, 2.24) is 0 Å². The van der Waals surface area contributed by atoms with E-state index in [-0.39, 0.29) is 16.1 Å². The number of nitrogens with one attached hydrogen (secondary N) is 2. The number of benzene rings is 2. The average molecular weight is 424 g/mol. The molecule has 2 aromatic carbocycles. The Kier molecular flexibility index (Phi) is 5.64. The number of anilines is 2. The van der Waals surface area contributed by atoms with Crippen molar-refractivity contribution in [3.05, 3.63) is 58.4 Å². The van der Waals surface area contributed by atoms with Gasteiger partial charge in [-0.05, 0) is 36.5 Å². The molecule has 152 valence electrons. The van der Waals surface area contributed by atoms with Crippen molar-refractivity contribution < 1.29 is 27.1 Å². The first-order valence-electron chi connectivity index (χ1n) is 8.16. The zero-order valence-electron chi connectivity index (χ0n) is 15.2. The third-order valence-electron chi connectivity index (χ3n) is 3.96. The maximum Gasteiger partial charge on any atom is 0.417 e. The molecule has 6 nitrogen and oxygen atoms in total. The molecule has 1 heterocycles. The third kappa shape index (κ3) is 4.60. The predicted molar refractivity (Wildman–Crippen MR) is 107 cm³/mol. The number of rotatable bonds is 4. The maximum absolute atomic E-state index is 13.1. The van der Waals surface area contributed by atoms with Crippen LogP contribution in [0.3, 0.4) is 0 Å². The largest absolute Gasteiger partial charge is 0.497 e. The van der Waals surface area contributed by atoms with E-state index in [9.17, 15) is 18.0 Å². The normalized spacial score (nSPS) is 11.2. The fraction of sp³-hybridized carbons (Fsp3) is 0.158. The van der Waals surface area contributed by atoms with Crippen LogP contribution in [0.4, 0.5) is 24.5 Å². The van der Waals surface area contributed by atoms with E-state index in [4.69, 9.17) is 26.1 Å². The summed E-state index contributed by atoms with van der Waals surface area (Å²) in [6.07, 6.45) is -4.68. The number of ether oxygens (including phenoxy) is 2. The van der Waals surface area contributed by atoms with Crippen LogP contribution >= 0.6 is 12.2 Å². The van der Waals surface area contributed by atoms with Crippen molar-refractivity contribution in [1.29, 1.82) is 0 Å². The predicted octanol–water partition coefficient (Wildman–Crippen LogP) is 4.64. The lowest BCUT2D eigenvalue weighted by molar-refractivity contribution is -0.136. The van der Waals surface area contributed by atoms with Crippen LogP contribution < -0.4 is 25.7 Å². The second-order valence-corrected chi connectivity index (χ2v) is 6.24. The van der Waals surface area contributed by atoms with E-state index in [2.05, 4.69) is 10.6 Å². The smallest absolute Gasteiger partial charge is 0.417 e. The molecule has 0 unspecified atom stereocenters. The van der Waals surface area contributed by atoms with Gasteiger partial charge in [-0.2, -0.15) is 13.2 Å². The summed E-state index contributed by atoms with van der Waals surface area (Å²) in [5, 5.41) is 5.67. The zero-order valence-corrected chi connectivity index (χ0v) is 16.0. The van der Waals surface area contributed by atoms with Crippen molar-refractivity contribution in [2.45, 2.75) is 6.18 Å². The first-order chi connectivity index (χ1) is 13.7. The molecule has 10 heteroatoms. The lowest BCUT2D eigenvalue weighted by atomic mass is 10.1. The summed E-state index contributed by atoms with van der Waals surface area (Å²) < 4.78 is 54.7. The Morgan fingerprint density at radius 1 is 1.03 bits per heavy atom. The summed E-state index contributed by atoms with van der Waals surface area (Å²) in [4.78, 5) is 11.5. The van der Waals surface area contributed by atoms with Gasteiger partial charge in [0.2, 0.25) is 0 Å². The van der Waals surface area contributed by atoms with Gasteiger partial charge in [-0.25, -0.2) is 4.79 Å². The van der Waals surface area contributed by atoms with E-state index in [1.165, 1.54) is 32.4 Å². The van der Waals surface area contributed by atoms with Gasteiger partial charge in [-0.3, -0.25) is 0 Å². The van der Waals surface area contributed by atoms with Gasteiger partial charge in [0.1, 0.15) is 17.1 Å². The van der Waals surface area contributed by atoms with Crippen molar-refractivity contribution in [2.75, 3.05) is 24.9 Å². The summed E-state index contributed by atoms with van der Waals surface area (Å²) in [6.45, 7) is 0. The summed E-state index contributed by atoms with van der Waals surface area (Å²) in [6, 6.07) is 9.37. The van der Waals surface area contributed by atoms with Crippen LogP contribution in [0, 0.1) is 0 Å². The molecule has 2 N–H and O–H groups in total. The molecule has 0 amide bonds. The van der Waals surface area contributed by atoms with Crippen LogP contribution in [0.15, 0.2) is 51.7 Å². The first kappa shape index (κ1) is 20.5. The number of alkyl halides is 3. The van der Waals surface area contributed by atoms with Gasteiger partial charge in [-0.15, -0.1) is 0 Å². The number of fused-ring (bicyclic) bond motifs is 1. The molecule has 29 heavy (non-hydrogen) atoms. The van der Waals surface area contributed by atoms with Gasteiger partial charge in [0.25, 0.3) is 0 Å². The lowest BCUT2D eigenvalue weighted by Gasteiger charge is -2.15. The Morgan fingerprint density at radius 2 is 1.79 bits per heavy atom. The van der Waals surface area contributed by atoms with Crippen LogP contribution in [0.25, 0.3) is 11.0 Å². The number of methoxy groups -OCH3 is 2. The lowest BCUT2D eigenvalue weighted by Crippen LogP contribution is -2.19. The van der Waals surface area contributed by atoms with Crippen molar-refractivity contribution in [3.63, 3.8) is 0 Å². The van der Waals surface area contributed by atoms with Crippen LogP contribution in [0.5, 0.6) is 11.5 Å². The highest BCUT2D eigenvalue weighted by Crippen LogP contribution is 2.34. The third-order valence-corrected chi connectivity index (χ3v) is 4.17. The van der Waals surface area contributed by atoms with E-state index in [1.54, 1.807) is 18.2 Å². The number of thiocarbonyl (C=S) groups is 1. The maximum atomic E-state index is 13.1. The molecule has 0 fully saturated rings. The second-order valence-electron chi connectivity index (χ2n) is 5.83. The minimum absolute atomic E-state index is 0.144. The Morgan fingerprint density at radius 3 is 2.45 bits per heavy atom. The molecular weight excluding hydrogens is 409 g/mol. The molecular formula is C19H15F3N2O4S. The molecule has 0 atom stereocenters. The minimum Gasteiger partial charge on any atom is -0.497 e. The Labute approximate surface area is 168 Å². The fourth-order valence-corrected chi connectivity index (χ4v) is 2.90.